The molecule has 5 N–H and O–H groups in total. The van der Waals surface area contributed by atoms with Gasteiger partial charge in [0.1, 0.15) is 24.6 Å². The fraction of sp³-hybridized carbons (Fsp3) is 0.280. The first-order chi connectivity index (χ1) is 18.4. The Balaban J connectivity index is 1.35. The fourth-order valence-electron chi connectivity index (χ4n) is 4.17. The van der Waals surface area contributed by atoms with Gasteiger partial charge in [0.2, 0.25) is 5.95 Å². The van der Waals surface area contributed by atoms with Crippen LogP contribution in [0.5, 0.6) is 0 Å². The Morgan fingerprint density at radius 1 is 1.08 bits per heavy atom. The largest absolute Gasteiger partial charge is 0.387 e. The average Bonchev–Trinajstić information content (AvgIpc) is 3.42. The number of rotatable bonds is 8. The predicted octanol–water partition coefficient (Wildman–Crippen LogP) is 3.04. The molecule has 1 saturated heterocycles. The van der Waals surface area contributed by atoms with Crippen LogP contribution in [0.15, 0.2) is 48.8 Å². The minimum absolute atomic E-state index is 0.0184. The first-order valence-electron chi connectivity index (χ1n) is 11.6. The van der Waals surface area contributed by atoms with Crippen molar-refractivity contribution in [2.24, 2.45) is 0 Å². The van der Waals surface area contributed by atoms with E-state index in [9.17, 15) is 10.2 Å². The number of aliphatic hydroxyl groups excluding tert-OH is 2. The van der Waals surface area contributed by atoms with E-state index in [1.165, 1.54) is 6.33 Å². The van der Waals surface area contributed by atoms with E-state index < -0.39 is 24.5 Å². The number of hydrogen-bond acceptors (Lipinski definition) is 10. The third kappa shape index (κ3) is 5.23. The summed E-state index contributed by atoms with van der Waals surface area (Å²) in [6, 6.07) is 14.3. The van der Waals surface area contributed by atoms with Crippen molar-refractivity contribution >= 4 is 46.1 Å². The quantitative estimate of drug-likeness (QED) is 0.254. The van der Waals surface area contributed by atoms with Gasteiger partial charge < -0.3 is 30.7 Å². The number of aliphatic hydroxyl groups is 2. The third-order valence-electron chi connectivity index (χ3n) is 6.17. The molecule has 2 aromatic heterocycles. The Labute approximate surface area is 227 Å². The summed E-state index contributed by atoms with van der Waals surface area (Å²) in [5.74, 6) is 0.454. The second-order valence-corrected chi connectivity index (χ2v) is 9.52. The van der Waals surface area contributed by atoms with E-state index >= 15 is 0 Å². The molecule has 5 rings (SSSR count). The number of ether oxygens (including phenoxy) is 2. The van der Waals surface area contributed by atoms with E-state index in [-0.39, 0.29) is 19.0 Å². The normalized spacial score (nSPS) is 21.0. The predicted molar refractivity (Wildman–Crippen MR) is 140 cm³/mol. The number of nitrogens with two attached hydrogens (primary N) is 1. The maximum atomic E-state index is 10.9. The lowest BCUT2D eigenvalue weighted by Crippen LogP contribution is -2.34. The number of nitrogens with one attached hydrogen (secondary N) is 1. The maximum absolute atomic E-state index is 10.9. The summed E-state index contributed by atoms with van der Waals surface area (Å²) in [6.45, 7) is 0.577. The zero-order valence-corrected chi connectivity index (χ0v) is 21.3. The van der Waals surface area contributed by atoms with Crippen molar-refractivity contribution in [3.05, 3.63) is 75.5 Å². The van der Waals surface area contributed by atoms with Crippen LogP contribution in [0.1, 0.15) is 22.9 Å². The van der Waals surface area contributed by atoms with E-state index in [2.05, 4.69) is 26.3 Å². The molecule has 1 fully saturated rings. The molecule has 0 spiro atoms. The van der Waals surface area contributed by atoms with Gasteiger partial charge in [0.25, 0.3) is 0 Å². The number of hydrogen-bond donors (Lipinski definition) is 4. The zero-order valence-electron chi connectivity index (χ0n) is 19.8. The van der Waals surface area contributed by atoms with Crippen molar-refractivity contribution in [2.75, 3.05) is 17.7 Å². The topological polar surface area (TPSA) is 164 Å². The van der Waals surface area contributed by atoms with Gasteiger partial charge in [0.05, 0.1) is 34.9 Å². The van der Waals surface area contributed by atoms with Crippen LogP contribution in [-0.2, 0) is 22.6 Å². The highest BCUT2D eigenvalue weighted by Crippen LogP contribution is 2.35. The number of nitriles is 1. The molecule has 0 radical (unpaired) electrons. The Bertz CT molecular complexity index is 1490. The number of imidazole rings is 1. The second kappa shape index (κ2) is 11.1. The summed E-state index contributed by atoms with van der Waals surface area (Å²) < 4.78 is 13.3. The zero-order chi connectivity index (χ0) is 26.8. The van der Waals surface area contributed by atoms with Gasteiger partial charge in [0, 0.05) is 6.54 Å². The molecule has 0 aliphatic carbocycles. The Morgan fingerprint density at radius 3 is 2.58 bits per heavy atom. The number of halogens is 2. The summed E-state index contributed by atoms with van der Waals surface area (Å²) in [4.78, 5) is 12.8. The van der Waals surface area contributed by atoms with Crippen LogP contribution in [0.2, 0.25) is 10.0 Å². The second-order valence-electron chi connectivity index (χ2n) is 8.71. The summed E-state index contributed by atoms with van der Waals surface area (Å²) in [7, 11) is 0. The molecule has 13 heteroatoms. The van der Waals surface area contributed by atoms with Crippen LogP contribution in [-0.4, -0.2) is 54.7 Å². The Kier molecular flexibility index (Phi) is 7.62. The molecule has 2 unspecified atom stereocenters. The molecule has 4 aromatic rings. The van der Waals surface area contributed by atoms with Gasteiger partial charge in [-0.25, -0.2) is 15.0 Å². The first kappa shape index (κ1) is 26.1. The van der Waals surface area contributed by atoms with Crippen molar-refractivity contribution < 1.29 is 19.7 Å². The minimum Gasteiger partial charge on any atom is -0.387 e. The van der Waals surface area contributed by atoms with Gasteiger partial charge in [-0.1, -0.05) is 41.4 Å². The van der Waals surface area contributed by atoms with Crippen LogP contribution in [0.4, 0.5) is 11.8 Å². The number of fused-ring (bicyclic) bond motifs is 1. The van der Waals surface area contributed by atoms with Crippen LogP contribution < -0.4 is 11.1 Å². The third-order valence-corrected chi connectivity index (χ3v) is 6.90. The van der Waals surface area contributed by atoms with E-state index in [1.807, 2.05) is 6.07 Å². The maximum Gasteiger partial charge on any atom is 0.207 e. The first-order valence-corrected chi connectivity index (χ1v) is 12.4. The van der Waals surface area contributed by atoms with Crippen molar-refractivity contribution in [1.29, 1.82) is 5.26 Å². The van der Waals surface area contributed by atoms with E-state index in [0.717, 1.165) is 11.1 Å². The van der Waals surface area contributed by atoms with Crippen LogP contribution in [0, 0.1) is 11.3 Å². The van der Waals surface area contributed by atoms with Crippen molar-refractivity contribution in [1.82, 2.24) is 19.5 Å². The SMILES string of the molecule is N#Cc1ccc(COC[C@H]2O[C@@H](n3c(NCc4ccc(Cl)c(Cl)c4)nc4c(N)ncnc43)C(O)C2O)cc1. The molecule has 4 atom stereocenters. The Morgan fingerprint density at radius 2 is 1.84 bits per heavy atom. The van der Waals surface area contributed by atoms with Crippen molar-refractivity contribution in [2.45, 2.75) is 37.7 Å². The summed E-state index contributed by atoms with van der Waals surface area (Å²) >= 11 is 12.2. The molecule has 0 saturated carbocycles. The highest BCUT2D eigenvalue weighted by molar-refractivity contribution is 6.42. The molecule has 196 valence electrons. The van der Waals surface area contributed by atoms with E-state index in [1.54, 1.807) is 41.0 Å². The smallest absolute Gasteiger partial charge is 0.207 e. The average molecular weight is 556 g/mol. The molecule has 11 nitrogen and oxygen atoms in total. The number of nitrogens with zero attached hydrogens (tertiary/aromatic N) is 5. The lowest BCUT2D eigenvalue weighted by atomic mass is 10.1. The van der Waals surface area contributed by atoms with E-state index in [0.29, 0.717) is 39.3 Å². The molecule has 3 heterocycles. The van der Waals surface area contributed by atoms with Gasteiger partial charge in [0.15, 0.2) is 23.2 Å². The summed E-state index contributed by atoms with van der Waals surface area (Å²) in [6.07, 6.45) is -3.12. The number of aromatic nitrogens is 4. The minimum atomic E-state index is -1.31. The lowest BCUT2D eigenvalue weighted by molar-refractivity contribution is -0.0675. The van der Waals surface area contributed by atoms with Crippen LogP contribution in [0.3, 0.4) is 0 Å². The molecule has 0 bridgehead atoms. The number of benzene rings is 2. The standard InChI is InChI=1S/C25H23Cl2N7O4/c26-16-6-5-15(7-17(16)27)9-30-25-33-19-22(29)31-12-32-23(19)34(25)24-21(36)20(35)18(38-24)11-37-10-14-3-1-13(8-28)2-4-14/h1-7,12,18,20-21,24,35-36H,9-11H2,(H,30,33)(H2,29,31,32)/t18-,20?,21?,24-/m1/s1. The Hall–Kier alpha value is -3.50. The summed E-state index contributed by atoms with van der Waals surface area (Å²) in [5, 5.41) is 34.7. The van der Waals surface area contributed by atoms with Gasteiger partial charge in [-0.3, -0.25) is 4.57 Å². The monoisotopic (exact) mass is 555 g/mol. The molecule has 0 amide bonds. The fourth-order valence-corrected chi connectivity index (χ4v) is 4.49. The highest BCUT2D eigenvalue weighted by Gasteiger charge is 2.45. The summed E-state index contributed by atoms with van der Waals surface area (Å²) in [5.41, 5.74) is 8.91. The molecule has 1 aliphatic rings. The molecular weight excluding hydrogens is 533 g/mol. The van der Waals surface area contributed by atoms with Crippen molar-refractivity contribution in [3.63, 3.8) is 0 Å². The van der Waals surface area contributed by atoms with Crippen LogP contribution >= 0.6 is 23.2 Å². The molecular formula is C25H23Cl2N7O4. The van der Waals surface area contributed by atoms with Gasteiger partial charge in [-0.15, -0.1) is 0 Å². The van der Waals surface area contributed by atoms with Gasteiger partial charge in [-0.2, -0.15) is 5.26 Å². The number of nitrogen functional groups attached to an aromatic ring is 1. The molecule has 38 heavy (non-hydrogen) atoms. The molecule has 1 aliphatic heterocycles. The molecule has 2 aromatic carbocycles. The highest BCUT2D eigenvalue weighted by atomic mass is 35.5. The van der Waals surface area contributed by atoms with Gasteiger partial charge >= 0.3 is 0 Å². The lowest BCUT2D eigenvalue weighted by Gasteiger charge is -2.20. The van der Waals surface area contributed by atoms with E-state index in [4.69, 9.17) is 43.7 Å². The van der Waals surface area contributed by atoms with Gasteiger partial charge in [-0.05, 0) is 35.4 Å². The van der Waals surface area contributed by atoms with Crippen LogP contribution in [0.25, 0.3) is 11.2 Å². The number of anilines is 2. The van der Waals surface area contributed by atoms with Crippen molar-refractivity contribution in [3.8, 4) is 6.07 Å².